The first-order valence-corrected chi connectivity index (χ1v) is 6.18. The average molecular weight is 209 g/mol. The Morgan fingerprint density at radius 1 is 1.27 bits per heavy atom. The number of nitrogens with two attached hydrogens (primary N) is 1. The van der Waals surface area contributed by atoms with Crippen LogP contribution in [0.2, 0.25) is 0 Å². The molecule has 2 fully saturated rings. The molecule has 0 saturated heterocycles. The van der Waals surface area contributed by atoms with E-state index in [2.05, 4.69) is 19.3 Å². The number of hydrazine groups is 1. The van der Waals surface area contributed by atoms with Gasteiger partial charge in [-0.15, -0.1) is 0 Å². The highest BCUT2D eigenvalue weighted by molar-refractivity contribution is 5.85. The van der Waals surface area contributed by atoms with Crippen LogP contribution in [-0.4, -0.2) is 11.9 Å². The molecular weight excluding hydrogens is 186 g/mol. The third-order valence-electron chi connectivity index (χ3n) is 3.85. The lowest BCUT2D eigenvalue weighted by atomic mass is 9.68. The van der Waals surface area contributed by atoms with Gasteiger partial charge in [0.2, 0.25) is 0 Å². The Bertz CT molecular complexity index is 254. The van der Waals surface area contributed by atoms with Gasteiger partial charge in [0.25, 0.3) is 0 Å². The third-order valence-corrected chi connectivity index (χ3v) is 3.85. The van der Waals surface area contributed by atoms with Crippen LogP contribution in [0.15, 0.2) is 4.99 Å². The molecule has 2 saturated carbocycles. The molecule has 3 N–H and O–H groups in total. The summed E-state index contributed by atoms with van der Waals surface area (Å²) in [6.07, 6.45) is 7.70. The largest absolute Gasteiger partial charge is 0.312 e. The summed E-state index contributed by atoms with van der Waals surface area (Å²) in [4.78, 5) is 4.71. The van der Waals surface area contributed by atoms with Crippen molar-refractivity contribution in [1.82, 2.24) is 5.43 Å². The van der Waals surface area contributed by atoms with Gasteiger partial charge in [-0.25, -0.2) is 5.84 Å². The molecule has 3 heteroatoms. The van der Waals surface area contributed by atoms with Gasteiger partial charge in [-0.1, -0.05) is 26.7 Å². The Labute approximate surface area is 92.5 Å². The number of hydrogen-bond donors (Lipinski definition) is 2. The number of hydrogen-bond acceptors (Lipinski definition) is 2. The summed E-state index contributed by atoms with van der Waals surface area (Å²) < 4.78 is 0. The molecule has 0 aromatic rings. The minimum atomic E-state index is 0.359. The third kappa shape index (κ3) is 2.51. The smallest absolute Gasteiger partial charge is 0.114 e. The molecule has 15 heavy (non-hydrogen) atoms. The monoisotopic (exact) mass is 209 g/mol. The van der Waals surface area contributed by atoms with Crippen molar-refractivity contribution in [2.75, 3.05) is 0 Å². The van der Waals surface area contributed by atoms with Gasteiger partial charge >= 0.3 is 0 Å². The Morgan fingerprint density at radius 2 is 2.00 bits per heavy atom. The van der Waals surface area contributed by atoms with Crippen LogP contribution in [0, 0.1) is 11.3 Å². The SMILES string of the molecule is CC1(C)CCCCC1C(=NC1CC1)NN. The summed E-state index contributed by atoms with van der Waals surface area (Å²) in [6, 6.07) is 0.564. The van der Waals surface area contributed by atoms with Gasteiger partial charge in [-0.3, -0.25) is 4.99 Å². The lowest BCUT2D eigenvalue weighted by Crippen LogP contribution is -2.44. The van der Waals surface area contributed by atoms with Crippen molar-refractivity contribution in [2.24, 2.45) is 22.2 Å². The molecule has 0 spiro atoms. The fraction of sp³-hybridized carbons (Fsp3) is 0.917. The predicted molar refractivity (Wildman–Crippen MR) is 63.5 cm³/mol. The van der Waals surface area contributed by atoms with Crippen molar-refractivity contribution in [3.8, 4) is 0 Å². The van der Waals surface area contributed by atoms with E-state index in [0.29, 0.717) is 17.4 Å². The van der Waals surface area contributed by atoms with Crippen molar-refractivity contribution in [1.29, 1.82) is 0 Å². The van der Waals surface area contributed by atoms with E-state index in [9.17, 15) is 0 Å². The van der Waals surface area contributed by atoms with Gasteiger partial charge in [-0.05, 0) is 31.1 Å². The summed E-state index contributed by atoms with van der Waals surface area (Å²) in [7, 11) is 0. The average Bonchev–Trinajstić information content (AvgIpc) is 2.98. The minimum absolute atomic E-state index is 0.359. The zero-order valence-electron chi connectivity index (χ0n) is 9.92. The van der Waals surface area contributed by atoms with Crippen molar-refractivity contribution < 1.29 is 0 Å². The maximum atomic E-state index is 5.62. The summed E-state index contributed by atoms with van der Waals surface area (Å²) in [5.41, 5.74) is 3.21. The second kappa shape index (κ2) is 4.12. The summed E-state index contributed by atoms with van der Waals surface area (Å²) in [5, 5.41) is 0. The molecule has 0 amide bonds. The second-order valence-corrected chi connectivity index (χ2v) is 5.68. The van der Waals surface area contributed by atoms with Crippen LogP contribution in [0.1, 0.15) is 52.4 Å². The Morgan fingerprint density at radius 3 is 2.53 bits per heavy atom. The first-order valence-electron chi connectivity index (χ1n) is 6.18. The Hall–Kier alpha value is -0.570. The van der Waals surface area contributed by atoms with E-state index >= 15 is 0 Å². The van der Waals surface area contributed by atoms with Crippen LogP contribution in [0.5, 0.6) is 0 Å². The molecule has 2 aliphatic rings. The molecule has 0 aliphatic heterocycles. The lowest BCUT2D eigenvalue weighted by Gasteiger charge is -2.39. The first-order chi connectivity index (χ1) is 7.13. The van der Waals surface area contributed by atoms with Crippen LogP contribution in [0.4, 0.5) is 0 Å². The van der Waals surface area contributed by atoms with E-state index in [1.54, 1.807) is 0 Å². The first kappa shape index (κ1) is 10.9. The molecule has 3 nitrogen and oxygen atoms in total. The normalized spacial score (nSPS) is 31.4. The molecular formula is C12H23N3. The summed E-state index contributed by atoms with van der Waals surface area (Å²) >= 11 is 0. The van der Waals surface area contributed by atoms with Gasteiger partial charge in [0.1, 0.15) is 5.84 Å². The van der Waals surface area contributed by atoms with Gasteiger partial charge < -0.3 is 5.43 Å². The maximum absolute atomic E-state index is 5.62. The number of amidine groups is 1. The number of rotatable bonds is 2. The van der Waals surface area contributed by atoms with E-state index in [1.165, 1.54) is 38.5 Å². The van der Waals surface area contributed by atoms with Crippen LogP contribution in [0.3, 0.4) is 0 Å². The van der Waals surface area contributed by atoms with Crippen molar-refractivity contribution in [3.63, 3.8) is 0 Å². The highest BCUT2D eigenvalue weighted by Crippen LogP contribution is 2.41. The lowest BCUT2D eigenvalue weighted by molar-refractivity contribution is 0.189. The van der Waals surface area contributed by atoms with Gasteiger partial charge in [-0.2, -0.15) is 0 Å². The molecule has 2 aliphatic carbocycles. The molecule has 0 heterocycles. The molecule has 86 valence electrons. The minimum Gasteiger partial charge on any atom is -0.312 e. The number of nitrogens with zero attached hydrogens (tertiary/aromatic N) is 1. The maximum Gasteiger partial charge on any atom is 0.114 e. The zero-order chi connectivity index (χ0) is 10.9. The van der Waals surface area contributed by atoms with Crippen molar-refractivity contribution >= 4 is 5.84 Å². The van der Waals surface area contributed by atoms with Crippen molar-refractivity contribution in [3.05, 3.63) is 0 Å². The Balaban J connectivity index is 2.10. The highest BCUT2D eigenvalue weighted by atomic mass is 15.3. The molecule has 0 aromatic heterocycles. The van der Waals surface area contributed by atoms with E-state index in [0.717, 1.165) is 5.84 Å². The fourth-order valence-electron chi connectivity index (χ4n) is 2.63. The predicted octanol–water partition coefficient (Wildman–Crippen LogP) is 2.23. The van der Waals surface area contributed by atoms with E-state index in [4.69, 9.17) is 10.8 Å². The summed E-state index contributed by atoms with van der Waals surface area (Å²) in [6.45, 7) is 4.69. The van der Waals surface area contributed by atoms with Crippen LogP contribution in [-0.2, 0) is 0 Å². The molecule has 0 radical (unpaired) electrons. The molecule has 0 aromatic carbocycles. The molecule has 1 atom stereocenters. The standard InChI is InChI=1S/C12H23N3/c1-12(2)8-4-3-5-10(12)11(15-13)14-9-6-7-9/h9-10H,3-8,13H2,1-2H3,(H,14,15). The van der Waals surface area contributed by atoms with Gasteiger partial charge in [0, 0.05) is 5.92 Å². The van der Waals surface area contributed by atoms with Crippen molar-refractivity contribution in [2.45, 2.75) is 58.4 Å². The molecule has 1 unspecified atom stereocenters. The van der Waals surface area contributed by atoms with E-state index in [1.807, 2.05) is 0 Å². The van der Waals surface area contributed by atoms with Gasteiger partial charge in [0.15, 0.2) is 0 Å². The molecule has 2 rings (SSSR count). The number of nitrogens with one attached hydrogen (secondary N) is 1. The molecule has 0 bridgehead atoms. The number of aliphatic imine (C=N–C) groups is 1. The second-order valence-electron chi connectivity index (χ2n) is 5.68. The quantitative estimate of drug-likeness (QED) is 0.317. The Kier molecular flexibility index (Phi) is 3.01. The van der Waals surface area contributed by atoms with Crippen LogP contribution >= 0.6 is 0 Å². The highest BCUT2D eigenvalue weighted by Gasteiger charge is 2.36. The van der Waals surface area contributed by atoms with Crippen LogP contribution in [0.25, 0.3) is 0 Å². The topological polar surface area (TPSA) is 50.4 Å². The zero-order valence-corrected chi connectivity index (χ0v) is 9.92. The van der Waals surface area contributed by atoms with Crippen LogP contribution < -0.4 is 11.3 Å². The fourth-order valence-corrected chi connectivity index (χ4v) is 2.63. The van der Waals surface area contributed by atoms with E-state index < -0.39 is 0 Å². The summed E-state index contributed by atoms with van der Waals surface area (Å²) in [5.74, 6) is 7.22. The van der Waals surface area contributed by atoms with Gasteiger partial charge in [0.05, 0.1) is 6.04 Å². The van der Waals surface area contributed by atoms with E-state index in [-0.39, 0.29) is 0 Å².